The number of rotatable bonds is 4. The van der Waals surface area contributed by atoms with E-state index >= 15 is 0 Å². The number of amides is 2. The first-order valence-corrected chi connectivity index (χ1v) is 16.1. The molecule has 5 rings (SSSR count). The van der Waals surface area contributed by atoms with Gasteiger partial charge in [0.25, 0.3) is 5.91 Å². The Bertz CT molecular complexity index is 887. The van der Waals surface area contributed by atoms with Crippen LogP contribution in [0.2, 0.25) is 0 Å². The summed E-state index contributed by atoms with van der Waals surface area (Å²) in [6.45, 7) is 3.38. The SMILES string of the molecule is C[C@H]1CN(C(=O)C2CCCO2)C2CC(C3CCC(S(C)(=O)=O)CC3)CCC2N1C(=O)C1CCCC1. The second-order valence-electron chi connectivity index (χ2n) is 12.1. The van der Waals surface area contributed by atoms with Gasteiger partial charge in [0.05, 0.1) is 17.3 Å². The third-order valence-corrected chi connectivity index (χ3v) is 11.6. The molecule has 0 radical (unpaired) electrons. The van der Waals surface area contributed by atoms with Gasteiger partial charge >= 0.3 is 0 Å². The first-order chi connectivity index (χ1) is 16.7. The van der Waals surface area contributed by atoms with Crippen LogP contribution in [0.25, 0.3) is 0 Å². The van der Waals surface area contributed by atoms with Crippen LogP contribution in [-0.4, -0.2) is 78.9 Å². The zero-order chi connectivity index (χ0) is 24.7. The molecule has 2 heterocycles. The fraction of sp³-hybridized carbons (Fsp3) is 0.926. The Kier molecular flexibility index (Phi) is 7.51. The molecule has 0 spiro atoms. The molecule has 3 saturated carbocycles. The van der Waals surface area contributed by atoms with Gasteiger partial charge < -0.3 is 14.5 Å². The summed E-state index contributed by atoms with van der Waals surface area (Å²) < 4.78 is 29.9. The molecule has 2 saturated heterocycles. The van der Waals surface area contributed by atoms with Gasteiger partial charge in [-0.15, -0.1) is 0 Å². The predicted octanol–water partition coefficient (Wildman–Crippen LogP) is 3.56. The summed E-state index contributed by atoms with van der Waals surface area (Å²) in [5.41, 5.74) is 0. The van der Waals surface area contributed by atoms with E-state index in [1.807, 2.05) is 0 Å². The van der Waals surface area contributed by atoms with E-state index in [0.29, 0.717) is 30.9 Å². The van der Waals surface area contributed by atoms with Crippen molar-refractivity contribution in [1.82, 2.24) is 9.80 Å². The minimum absolute atomic E-state index is 0.0384. The first-order valence-electron chi connectivity index (χ1n) is 14.2. The van der Waals surface area contributed by atoms with Gasteiger partial charge in [-0.3, -0.25) is 9.59 Å². The van der Waals surface area contributed by atoms with Crippen LogP contribution in [-0.2, 0) is 24.2 Å². The van der Waals surface area contributed by atoms with E-state index in [4.69, 9.17) is 4.74 Å². The largest absolute Gasteiger partial charge is 0.368 e. The molecule has 0 aromatic heterocycles. The lowest BCUT2D eigenvalue weighted by Gasteiger charge is -2.55. The fourth-order valence-electron chi connectivity index (χ4n) is 8.05. The Morgan fingerprint density at radius 1 is 0.800 bits per heavy atom. The molecule has 198 valence electrons. The highest BCUT2D eigenvalue weighted by Gasteiger charge is 2.50. The maximum absolute atomic E-state index is 13.7. The van der Waals surface area contributed by atoms with Crippen molar-refractivity contribution in [2.45, 2.75) is 120 Å². The van der Waals surface area contributed by atoms with Gasteiger partial charge in [-0.05, 0) is 89.4 Å². The topological polar surface area (TPSA) is 84.0 Å². The highest BCUT2D eigenvalue weighted by Crippen LogP contribution is 2.44. The first kappa shape index (κ1) is 25.5. The van der Waals surface area contributed by atoms with Crippen molar-refractivity contribution < 1.29 is 22.7 Å². The van der Waals surface area contributed by atoms with E-state index in [9.17, 15) is 18.0 Å². The molecule has 8 heteroatoms. The maximum Gasteiger partial charge on any atom is 0.252 e. The summed E-state index contributed by atoms with van der Waals surface area (Å²) in [7, 11) is -2.97. The molecular formula is C27H44N2O5S. The Labute approximate surface area is 211 Å². The highest BCUT2D eigenvalue weighted by atomic mass is 32.2. The summed E-state index contributed by atoms with van der Waals surface area (Å²) in [4.78, 5) is 31.5. The number of hydrogen-bond acceptors (Lipinski definition) is 5. The minimum Gasteiger partial charge on any atom is -0.368 e. The summed E-state index contributed by atoms with van der Waals surface area (Å²) in [6.07, 6.45) is 13.5. The van der Waals surface area contributed by atoms with Gasteiger partial charge in [-0.2, -0.15) is 0 Å². The molecule has 0 N–H and O–H groups in total. The van der Waals surface area contributed by atoms with Crippen LogP contribution in [0.3, 0.4) is 0 Å². The third-order valence-electron chi connectivity index (χ3n) is 9.95. The zero-order valence-electron chi connectivity index (χ0n) is 21.6. The smallest absolute Gasteiger partial charge is 0.252 e. The number of carbonyl (C=O) groups excluding carboxylic acids is 2. The van der Waals surface area contributed by atoms with Crippen molar-refractivity contribution in [1.29, 1.82) is 0 Å². The molecule has 5 aliphatic rings. The zero-order valence-corrected chi connectivity index (χ0v) is 22.4. The Balaban J connectivity index is 1.34. The van der Waals surface area contributed by atoms with Crippen LogP contribution in [0.5, 0.6) is 0 Å². The number of sulfone groups is 1. The molecule has 0 aromatic carbocycles. The van der Waals surface area contributed by atoms with Crippen LogP contribution >= 0.6 is 0 Å². The number of carbonyl (C=O) groups is 2. The predicted molar refractivity (Wildman–Crippen MR) is 134 cm³/mol. The van der Waals surface area contributed by atoms with Crippen molar-refractivity contribution in [2.24, 2.45) is 17.8 Å². The molecule has 0 bridgehead atoms. The molecule has 4 unspecified atom stereocenters. The number of fused-ring (bicyclic) bond motifs is 1. The van der Waals surface area contributed by atoms with Crippen molar-refractivity contribution >= 4 is 21.7 Å². The fourth-order valence-corrected chi connectivity index (χ4v) is 9.18. The van der Waals surface area contributed by atoms with E-state index in [0.717, 1.165) is 83.5 Å². The lowest BCUT2D eigenvalue weighted by Crippen LogP contribution is -2.68. The van der Waals surface area contributed by atoms with Gasteiger partial charge in [0.2, 0.25) is 5.91 Å². The summed E-state index contributed by atoms with van der Waals surface area (Å²) >= 11 is 0. The van der Waals surface area contributed by atoms with Gasteiger partial charge in [0.15, 0.2) is 0 Å². The van der Waals surface area contributed by atoms with Crippen LogP contribution in [0, 0.1) is 17.8 Å². The quantitative estimate of drug-likeness (QED) is 0.580. The lowest BCUT2D eigenvalue weighted by molar-refractivity contribution is -0.163. The molecule has 7 nitrogen and oxygen atoms in total. The van der Waals surface area contributed by atoms with Gasteiger partial charge in [0, 0.05) is 31.4 Å². The Morgan fingerprint density at radius 3 is 2.11 bits per heavy atom. The number of ether oxygens (including phenoxy) is 1. The summed E-state index contributed by atoms with van der Waals surface area (Å²) in [6, 6.07) is 0.192. The Morgan fingerprint density at radius 2 is 1.49 bits per heavy atom. The van der Waals surface area contributed by atoms with Gasteiger partial charge in [-0.1, -0.05) is 12.8 Å². The average molecular weight is 509 g/mol. The minimum atomic E-state index is -2.97. The van der Waals surface area contributed by atoms with E-state index in [1.54, 1.807) is 0 Å². The normalized spacial score (nSPS) is 39.0. The standard InChI is InChI=1S/C27H44N2O5S/c1-18-17-28(27(31)25-8-5-15-34-25)24-16-21(19-9-12-22(13-10-19)35(2,32)33)11-14-23(24)29(18)26(30)20-6-3-4-7-20/h18-25H,3-17H2,1-2H3/t18-,19?,21?,22?,23?,24?,25?/m0/s1. The molecule has 2 aliphatic heterocycles. The van der Waals surface area contributed by atoms with Crippen LogP contribution < -0.4 is 0 Å². The third kappa shape index (κ3) is 5.16. The van der Waals surface area contributed by atoms with Gasteiger partial charge in [0.1, 0.15) is 15.9 Å². The van der Waals surface area contributed by atoms with Crippen molar-refractivity contribution in [3.63, 3.8) is 0 Å². The molecule has 3 aliphatic carbocycles. The van der Waals surface area contributed by atoms with Crippen molar-refractivity contribution in [2.75, 3.05) is 19.4 Å². The van der Waals surface area contributed by atoms with Crippen molar-refractivity contribution in [3.05, 3.63) is 0 Å². The van der Waals surface area contributed by atoms with E-state index in [1.165, 1.54) is 6.26 Å². The second kappa shape index (κ2) is 10.3. The molecular weight excluding hydrogens is 464 g/mol. The molecule has 0 aromatic rings. The van der Waals surface area contributed by atoms with Crippen LogP contribution in [0.15, 0.2) is 0 Å². The average Bonchev–Trinajstić information content (AvgIpc) is 3.57. The number of piperazine rings is 1. The highest BCUT2D eigenvalue weighted by molar-refractivity contribution is 7.91. The second-order valence-corrected chi connectivity index (χ2v) is 14.5. The molecule has 35 heavy (non-hydrogen) atoms. The lowest BCUT2D eigenvalue weighted by atomic mass is 9.69. The maximum atomic E-state index is 13.7. The van der Waals surface area contributed by atoms with Gasteiger partial charge in [-0.25, -0.2) is 8.42 Å². The van der Waals surface area contributed by atoms with Crippen LogP contribution in [0.4, 0.5) is 0 Å². The van der Waals surface area contributed by atoms with E-state index in [2.05, 4.69) is 16.7 Å². The number of nitrogens with zero attached hydrogens (tertiary/aromatic N) is 2. The summed E-state index contributed by atoms with van der Waals surface area (Å²) in [5.74, 6) is 1.61. The summed E-state index contributed by atoms with van der Waals surface area (Å²) in [5, 5.41) is -0.192. The Hall–Kier alpha value is -1.15. The number of hydrogen-bond donors (Lipinski definition) is 0. The van der Waals surface area contributed by atoms with E-state index in [-0.39, 0.29) is 41.3 Å². The molecule has 2 amide bonds. The molecule has 5 fully saturated rings. The van der Waals surface area contributed by atoms with Crippen molar-refractivity contribution in [3.8, 4) is 0 Å². The monoisotopic (exact) mass is 508 g/mol. The van der Waals surface area contributed by atoms with Crippen LogP contribution in [0.1, 0.15) is 90.4 Å². The van der Waals surface area contributed by atoms with E-state index < -0.39 is 9.84 Å². The molecule has 5 atom stereocenters.